The second-order valence-corrected chi connectivity index (χ2v) is 3.70. The Bertz CT molecular complexity index is 357. The van der Waals surface area contributed by atoms with Crippen molar-refractivity contribution in [1.82, 2.24) is 9.78 Å². The van der Waals surface area contributed by atoms with Crippen molar-refractivity contribution in [2.24, 2.45) is 13.0 Å². The molecule has 1 heterocycles. The zero-order chi connectivity index (χ0) is 10.1. The molecule has 0 saturated carbocycles. The van der Waals surface area contributed by atoms with Crippen molar-refractivity contribution in [3.05, 3.63) is 17.5 Å². The summed E-state index contributed by atoms with van der Waals surface area (Å²) in [6, 6.07) is 0. The molecule has 1 aliphatic carbocycles. The van der Waals surface area contributed by atoms with E-state index in [0.717, 1.165) is 19.3 Å². The SMILES string of the molecule is COC(=O)[C@H]1CCc2c(cnn2C)C1. The summed E-state index contributed by atoms with van der Waals surface area (Å²) in [5.41, 5.74) is 2.44. The molecule has 2 rings (SSSR count). The Morgan fingerprint density at radius 3 is 3.21 bits per heavy atom. The maximum Gasteiger partial charge on any atom is 0.309 e. The van der Waals surface area contributed by atoms with E-state index < -0.39 is 0 Å². The molecule has 0 radical (unpaired) electrons. The second-order valence-electron chi connectivity index (χ2n) is 3.70. The van der Waals surface area contributed by atoms with Crippen LogP contribution in [-0.4, -0.2) is 22.9 Å². The molecule has 0 N–H and O–H groups in total. The fourth-order valence-corrected chi connectivity index (χ4v) is 2.05. The van der Waals surface area contributed by atoms with Crippen molar-refractivity contribution >= 4 is 5.97 Å². The van der Waals surface area contributed by atoms with Gasteiger partial charge < -0.3 is 4.74 Å². The third-order valence-corrected chi connectivity index (χ3v) is 2.88. The molecule has 76 valence electrons. The molecule has 1 aromatic heterocycles. The normalized spacial score (nSPS) is 20.3. The average molecular weight is 194 g/mol. The quantitative estimate of drug-likeness (QED) is 0.618. The Morgan fingerprint density at radius 2 is 2.50 bits per heavy atom. The van der Waals surface area contributed by atoms with Crippen LogP contribution in [0.2, 0.25) is 0 Å². The number of nitrogens with zero attached hydrogens (tertiary/aromatic N) is 2. The van der Waals surface area contributed by atoms with E-state index in [1.54, 1.807) is 0 Å². The average Bonchev–Trinajstić information content (AvgIpc) is 2.59. The minimum atomic E-state index is -0.0977. The summed E-state index contributed by atoms with van der Waals surface area (Å²) in [5.74, 6) is -0.0730. The molecule has 4 nitrogen and oxygen atoms in total. The lowest BCUT2D eigenvalue weighted by Crippen LogP contribution is -2.24. The number of hydrogen-bond acceptors (Lipinski definition) is 3. The van der Waals surface area contributed by atoms with Crippen molar-refractivity contribution in [3.8, 4) is 0 Å². The fraction of sp³-hybridized carbons (Fsp3) is 0.600. The summed E-state index contributed by atoms with van der Waals surface area (Å²) in [7, 11) is 3.39. The number of aromatic nitrogens is 2. The number of carbonyl (C=O) groups is 1. The predicted octanol–water partition coefficient (Wildman–Crippen LogP) is 0.698. The molecule has 0 spiro atoms. The fourth-order valence-electron chi connectivity index (χ4n) is 2.05. The molecular formula is C10H14N2O2. The molecule has 4 heteroatoms. The number of fused-ring (bicyclic) bond motifs is 1. The molecule has 0 saturated heterocycles. The Labute approximate surface area is 82.9 Å². The first-order valence-electron chi connectivity index (χ1n) is 4.80. The first-order valence-corrected chi connectivity index (χ1v) is 4.80. The zero-order valence-electron chi connectivity index (χ0n) is 8.49. The molecule has 0 fully saturated rings. The van der Waals surface area contributed by atoms with E-state index in [-0.39, 0.29) is 11.9 Å². The van der Waals surface area contributed by atoms with Gasteiger partial charge in [-0.2, -0.15) is 5.10 Å². The number of aryl methyl sites for hydroxylation is 1. The number of carbonyl (C=O) groups excluding carboxylic acids is 1. The van der Waals surface area contributed by atoms with Crippen LogP contribution in [-0.2, 0) is 29.4 Å². The highest BCUT2D eigenvalue weighted by Crippen LogP contribution is 2.25. The van der Waals surface area contributed by atoms with Crippen LogP contribution < -0.4 is 0 Å². The van der Waals surface area contributed by atoms with E-state index in [1.165, 1.54) is 18.4 Å². The largest absolute Gasteiger partial charge is 0.469 e. The van der Waals surface area contributed by atoms with Crippen LogP contribution in [0.15, 0.2) is 6.20 Å². The van der Waals surface area contributed by atoms with Crippen LogP contribution >= 0.6 is 0 Å². The van der Waals surface area contributed by atoms with Gasteiger partial charge in [0.2, 0.25) is 0 Å². The van der Waals surface area contributed by atoms with Crippen molar-refractivity contribution in [2.75, 3.05) is 7.11 Å². The third-order valence-electron chi connectivity index (χ3n) is 2.88. The molecule has 0 unspecified atom stereocenters. The van der Waals surface area contributed by atoms with E-state index >= 15 is 0 Å². The van der Waals surface area contributed by atoms with Crippen LogP contribution in [0.25, 0.3) is 0 Å². The summed E-state index contributed by atoms with van der Waals surface area (Å²) >= 11 is 0. The highest BCUT2D eigenvalue weighted by Gasteiger charge is 2.27. The van der Waals surface area contributed by atoms with E-state index in [2.05, 4.69) is 5.10 Å². The van der Waals surface area contributed by atoms with E-state index in [0.29, 0.717) is 0 Å². The second kappa shape index (κ2) is 3.44. The Kier molecular flexibility index (Phi) is 2.27. The third kappa shape index (κ3) is 1.41. The molecule has 1 aliphatic rings. The van der Waals surface area contributed by atoms with Gasteiger partial charge in [-0.25, -0.2) is 0 Å². The maximum absolute atomic E-state index is 11.3. The first-order chi connectivity index (χ1) is 6.72. The van der Waals surface area contributed by atoms with Gasteiger partial charge in [0.15, 0.2) is 0 Å². The topological polar surface area (TPSA) is 44.1 Å². The van der Waals surface area contributed by atoms with Gasteiger partial charge in [0.1, 0.15) is 0 Å². The van der Waals surface area contributed by atoms with Gasteiger partial charge in [0.25, 0.3) is 0 Å². The molecule has 0 bridgehead atoms. The predicted molar refractivity (Wildman–Crippen MR) is 50.7 cm³/mol. The molecule has 0 amide bonds. The Morgan fingerprint density at radius 1 is 1.71 bits per heavy atom. The maximum atomic E-state index is 11.3. The highest BCUT2D eigenvalue weighted by molar-refractivity contribution is 5.73. The van der Waals surface area contributed by atoms with Gasteiger partial charge in [0.05, 0.1) is 19.2 Å². The van der Waals surface area contributed by atoms with Crippen molar-refractivity contribution in [2.45, 2.75) is 19.3 Å². The van der Waals surface area contributed by atoms with E-state index in [1.807, 2.05) is 17.9 Å². The van der Waals surface area contributed by atoms with E-state index in [4.69, 9.17) is 4.74 Å². The van der Waals surface area contributed by atoms with Crippen molar-refractivity contribution in [3.63, 3.8) is 0 Å². The number of ether oxygens (including phenoxy) is 1. The van der Waals surface area contributed by atoms with Gasteiger partial charge in [0, 0.05) is 12.7 Å². The molecular weight excluding hydrogens is 180 g/mol. The van der Waals surface area contributed by atoms with Gasteiger partial charge >= 0.3 is 5.97 Å². The smallest absolute Gasteiger partial charge is 0.309 e. The van der Waals surface area contributed by atoms with Gasteiger partial charge in [-0.05, 0) is 24.8 Å². The summed E-state index contributed by atoms with van der Waals surface area (Å²) in [6.45, 7) is 0. The summed E-state index contributed by atoms with van der Waals surface area (Å²) in [5, 5.41) is 4.18. The Balaban J connectivity index is 2.18. The summed E-state index contributed by atoms with van der Waals surface area (Å²) in [4.78, 5) is 11.3. The van der Waals surface area contributed by atoms with Crippen LogP contribution in [0.4, 0.5) is 0 Å². The van der Waals surface area contributed by atoms with Crippen LogP contribution in [0.5, 0.6) is 0 Å². The molecule has 14 heavy (non-hydrogen) atoms. The highest BCUT2D eigenvalue weighted by atomic mass is 16.5. The van der Waals surface area contributed by atoms with Gasteiger partial charge in [-0.3, -0.25) is 9.48 Å². The minimum Gasteiger partial charge on any atom is -0.469 e. The molecule has 1 aromatic rings. The number of methoxy groups -OCH3 is 1. The lowest BCUT2D eigenvalue weighted by molar-refractivity contribution is -0.145. The Hall–Kier alpha value is -1.32. The van der Waals surface area contributed by atoms with Gasteiger partial charge in [-0.1, -0.05) is 0 Å². The number of esters is 1. The monoisotopic (exact) mass is 194 g/mol. The standard InChI is InChI=1S/C10H14N2O2/c1-12-9-4-3-7(10(13)14-2)5-8(9)6-11-12/h6-7H,3-5H2,1-2H3/t7-/m0/s1. The summed E-state index contributed by atoms with van der Waals surface area (Å²) < 4.78 is 6.64. The molecule has 1 atom stereocenters. The summed E-state index contributed by atoms with van der Waals surface area (Å²) in [6.07, 6.45) is 4.42. The number of hydrogen-bond donors (Lipinski definition) is 0. The van der Waals surface area contributed by atoms with Crippen LogP contribution in [0, 0.1) is 5.92 Å². The van der Waals surface area contributed by atoms with Crippen molar-refractivity contribution in [1.29, 1.82) is 0 Å². The molecule has 0 aromatic carbocycles. The molecule has 0 aliphatic heterocycles. The van der Waals surface area contributed by atoms with Gasteiger partial charge in [-0.15, -0.1) is 0 Å². The number of rotatable bonds is 1. The minimum absolute atomic E-state index is 0.0247. The first kappa shape index (κ1) is 9.24. The lowest BCUT2D eigenvalue weighted by Gasteiger charge is -2.19. The van der Waals surface area contributed by atoms with Crippen LogP contribution in [0.3, 0.4) is 0 Å². The van der Waals surface area contributed by atoms with Crippen molar-refractivity contribution < 1.29 is 9.53 Å². The zero-order valence-corrected chi connectivity index (χ0v) is 8.49. The van der Waals surface area contributed by atoms with Crippen LogP contribution in [0.1, 0.15) is 17.7 Å². The lowest BCUT2D eigenvalue weighted by atomic mass is 9.88. The van der Waals surface area contributed by atoms with E-state index in [9.17, 15) is 4.79 Å².